The minimum Gasteiger partial charge on any atom is -0.394 e. The molecule has 0 aromatic carbocycles. The molecule has 2 N–H and O–H groups in total. The fraction of sp³-hybridized carbons (Fsp3) is 0.636. The molecule has 1 fully saturated rings. The van der Waals surface area contributed by atoms with Crippen LogP contribution in [0, 0.1) is 0 Å². The van der Waals surface area contributed by atoms with E-state index in [9.17, 15) is 5.11 Å². The average molecular weight is 223 g/mol. The number of aromatic nitrogens is 2. The standard InChI is InChI=1S/C11H17N3O2/c15-7-9-5-12-6-11(13-9)14-4-2-1-3-10(14)8-16/h5-6,10,15-16H,1-4,7-8H2. The lowest BCUT2D eigenvalue weighted by Crippen LogP contribution is -2.42. The predicted molar refractivity (Wildman–Crippen MR) is 60.0 cm³/mol. The van der Waals surface area contributed by atoms with Crippen LogP contribution < -0.4 is 4.90 Å². The van der Waals surface area contributed by atoms with Crippen LogP contribution in [0.3, 0.4) is 0 Å². The summed E-state index contributed by atoms with van der Waals surface area (Å²) in [4.78, 5) is 10.4. The lowest BCUT2D eigenvalue weighted by Gasteiger charge is -2.35. The summed E-state index contributed by atoms with van der Waals surface area (Å²) in [7, 11) is 0. The Morgan fingerprint density at radius 3 is 2.94 bits per heavy atom. The van der Waals surface area contributed by atoms with Crippen LogP contribution in [-0.2, 0) is 6.61 Å². The monoisotopic (exact) mass is 223 g/mol. The zero-order chi connectivity index (χ0) is 11.4. The summed E-state index contributed by atoms with van der Waals surface area (Å²) in [6.45, 7) is 0.943. The Morgan fingerprint density at radius 2 is 2.19 bits per heavy atom. The molecule has 5 nitrogen and oxygen atoms in total. The summed E-state index contributed by atoms with van der Waals surface area (Å²) >= 11 is 0. The van der Waals surface area contributed by atoms with Gasteiger partial charge in [0.25, 0.3) is 0 Å². The van der Waals surface area contributed by atoms with Crippen LogP contribution in [0.2, 0.25) is 0 Å². The minimum absolute atomic E-state index is 0.0987. The molecule has 1 atom stereocenters. The summed E-state index contributed by atoms with van der Waals surface area (Å²) in [6.07, 6.45) is 6.49. The third-order valence-electron chi connectivity index (χ3n) is 2.97. The SMILES string of the molecule is OCc1cncc(N2CCCCC2CO)n1. The fourth-order valence-electron chi connectivity index (χ4n) is 2.10. The highest BCUT2D eigenvalue weighted by atomic mass is 16.3. The van der Waals surface area contributed by atoms with E-state index in [1.54, 1.807) is 12.4 Å². The number of hydrogen-bond acceptors (Lipinski definition) is 5. The Hall–Kier alpha value is -1.20. The van der Waals surface area contributed by atoms with Crippen molar-refractivity contribution < 1.29 is 10.2 Å². The average Bonchev–Trinajstić information content (AvgIpc) is 2.38. The quantitative estimate of drug-likeness (QED) is 0.772. The molecule has 0 bridgehead atoms. The minimum atomic E-state index is -0.0987. The van der Waals surface area contributed by atoms with Gasteiger partial charge in [-0.3, -0.25) is 4.98 Å². The van der Waals surface area contributed by atoms with Crippen molar-refractivity contribution in [2.45, 2.75) is 31.9 Å². The number of anilines is 1. The van der Waals surface area contributed by atoms with Crippen molar-refractivity contribution in [1.82, 2.24) is 9.97 Å². The third kappa shape index (κ3) is 2.31. The van der Waals surface area contributed by atoms with E-state index < -0.39 is 0 Å². The molecule has 0 spiro atoms. The number of rotatable bonds is 3. The molecule has 0 saturated carbocycles. The number of hydrogen-bond donors (Lipinski definition) is 2. The first-order chi connectivity index (χ1) is 7.85. The molecular formula is C11H17N3O2. The number of piperidine rings is 1. The van der Waals surface area contributed by atoms with Gasteiger partial charge in [-0.2, -0.15) is 0 Å². The van der Waals surface area contributed by atoms with Crippen molar-refractivity contribution in [1.29, 1.82) is 0 Å². The molecule has 0 radical (unpaired) electrons. The summed E-state index contributed by atoms with van der Waals surface area (Å²) < 4.78 is 0. The van der Waals surface area contributed by atoms with Crippen LogP contribution in [0.25, 0.3) is 0 Å². The number of aliphatic hydroxyl groups excluding tert-OH is 2. The van der Waals surface area contributed by atoms with Crippen molar-refractivity contribution in [3.05, 3.63) is 18.1 Å². The molecule has 1 saturated heterocycles. The molecule has 2 rings (SSSR count). The van der Waals surface area contributed by atoms with Gasteiger partial charge >= 0.3 is 0 Å². The first-order valence-corrected chi connectivity index (χ1v) is 5.64. The van der Waals surface area contributed by atoms with Gasteiger partial charge in [0.15, 0.2) is 0 Å². The second-order valence-electron chi connectivity index (χ2n) is 4.05. The summed E-state index contributed by atoms with van der Waals surface area (Å²) in [5.74, 6) is 0.755. The largest absolute Gasteiger partial charge is 0.394 e. The second-order valence-corrected chi connectivity index (χ2v) is 4.05. The molecule has 1 aliphatic rings. The van der Waals surface area contributed by atoms with E-state index in [1.165, 1.54) is 0 Å². The lowest BCUT2D eigenvalue weighted by molar-refractivity contribution is 0.239. The van der Waals surface area contributed by atoms with Crippen molar-refractivity contribution in [3.63, 3.8) is 0 Å². The van der Waals surface area contributed by atoms with Crippen LogP contribution in [0.4, 0.5) is 5.82 Å². The van der Waals surface area contributed by atoms with E-state index in [1.807, 2.05) is 0 Å². The van der Waals surface area contributed by atoms with Gasteiger partial charge in [-0.05, 0) is 19.3 Å². The Labute approximate surface area is 94.8 Å². The van der Waals surface area contributed by atoms with Crippen molar-refractivity contribution in [3.8, 4) is 0 Å². The summed E-state index contributed by atoms with van der Waals surface area (Å²) in [6, 6.07) is 0.136. The van der Waals surface area contributed by atoms with Crippen LogP contribution in [0.1, 0.15) is 25.0 Å². The maximum Gasteiger partial charge on any atom is 0.147 e. The predicted octanol–water partition coefficient (Wildman–Crippen LogP) is 0.320. The fourth-order valence-corrected chi connectivity index (χ4v) is 2.10. The lowest BCUT2D eigenvalue weighted by atomic mass is 10.0. The molecular weight excluding hydrogens is 206 g/mol. The van der Waals surface area contributed by atoms with Gasteiger partial charge in [0.2, 0.25) is 0 Å². The van der Waals surface area contributed by atoms with Crippen LogP contribution >= 0.6 is 0 Å². The maximum atomic E-state index is 9.31. The first-order valence-electron chi connectivity index (χ1n) is 5.64. The maximum absolute atomic E-state index is 9.31. The molecule has 16 heavy (non-hydrogen) atoms. The van der Waals surface area contributed by atoms with Gasteiger partial charge in [-0.15, -0.1) is 0 Å². The van der Waals surface area contributed by atoms with Crippen molar-refractivity contribution >= 4 is 5.82 Å². The van der Waals surface area contributed by atoms with Crippen LogP contribution in [0.5, 0.6) is 0 Å². The van der Waals surface area contributed by atoms with Gasteiger partial charge in [-0.1, -0.05) is 0 Å². The van der Waals surface area contributed by atoms with Crippen LogP contribution in [0.15, 0.2) is 12.4 Å². The Bertz CT molecular complexity index is 346. The van der Waals surface area contributed by atoms with E-state index in [2.05, 4.69) is 14.9 Å². The smallest absolute Gasteiger partial charge is 0.147 e. The van der Waals surface area contributed by atoms with Gasteiger partial charge in [0.05, 0.1) is 37.3 Å². The molecule has 1 unspecified atom stereocenters. The molecule has 5 heteroatoms. The topological polar surface area (TPSA) is 69.5 Å². The van der Waals surface area contributed by atoms with Gasteiger partial charge < -0.3 is 15.1 Å². The third-order valence-corrected chi connectivity index (χ3v) is 2.97. The molecule has 1 aliphatic heterocycles. The molecule has 2 heterocycles. The normalized spacial score (nSPS) is 21.1. The van der Waals surface area contributed by atoms with E-state index in [0.29, 0.717) is 5.69 Å². The Morgan fingerprint density at radius 1 is 1.31 bits per heavy atom. The van der Waals surface area contributed by atoms with Gasteiger partial charge in [-0.25, -0.2) is 4.98 Å². The highest BCUT2D eigenvalue weighted by Gasteiger charge is 2.23. The molecule has 1 aromatic heterocycles. The van der Waals surface area contributed by atoms with E-state index in [4.69, 9.17) is 5.11 Å². The van der Waals surface area contributed by atoms with E-state index >= 15 is 0 Å². The zero-order valence-corrected chi connectivity index (χ0v) is 9.21. The van der Waals surface area contributed by atoms with E-state index in [0.717, 1.165) is 31.6 Å². The second kappa shape index (κ2) is 5.23. The Balaban J connectivity index is 2.20. The Kier molecular flexibility index (Phi) is 3.69. The van der Waals surface area contributed by atoms with Gasteiger partial charge in [0.1, 0.15) is 5.82 Å². The molecule has 0 amide bonds. The first kappa shape index (κ1) is 11.3. The summed E-state index contributed by atoms with van der Waals surface area (Å²) in [5.41, 5.74) is 0.569. The number of nitrogens with zero attached hydrogens (tertiary/aromatic N) is 3. The highest BCUT2D eigenvalue weighted by molar-refractivity contribution is 5.38. The van der Waals surface area contributed by atoms with Crippen molar-refractivity contribution in [2.24, 2.45) is 0 Å². The zero-order valence-electron chi connectivity index (χ0n) is 9.21. The summed E-state index contributed by atoms with van der Waals surface area (Å²) in [5, 5.41) is 18.3. The molecule has 0 aliphatic carbocycles. The molecule has 1 aromatic rings. The van der Waals surface area contributed by atoms with Gasteiger partial charge in [0, 0.05) is 6.54 Å². The van der Waals surface area contributed by atoms with E-state index in [-0.39, 0.29) is 19.3 Å². The molecule has 88 valence electrons. The highest BCUT2D eigenvalue weighted by Crippen LogP contribution is 2.22. The number of aliphatic hydroxyl groups is 2. The van der Waals surface area contributed by atoms with Crippen LogP contribution in [-0.4, -0.2) is 39.4 Å². The van der Waals surface area contributed by atoms with Crippen molar-refractivity contribution in [2.75, 3.05) is 18.1 Å².